The van der Waals surface area contributed by atoms with Crippen LogP contribution in [0.5, 0.6) is 0 Å². The van der Waals surface area contributed by atoms with E-state index >= 15 is 0 Å². The van der Waals surface area contributed by atoms with E-state index in [2.05, 4.69) is 6.07 Å². The molecule has 22 heavy (non-hydrogen) atoms. The largest absolute Gasteiger partial charge is 0.309 e. The van der Waals surface area contributed by atoms with E-state index in [1.54, 1.807) is 0 Å². The zero-order chi connectivity index (χ0) is 15.3. The third-order valence-electron chi connectivity index (χ3n) is 4.82. The molecule has 1 aromatic carbocycles. The highest BCUT2D eigenvalue weighted by Crippen LogP contribution is 2.30. The van der Waals surface area contributed by atoms with Gasteiger partial charge in [0.05, 0.1) is 11.1 Å². The molecule has 0 bridgehead atoms. The number of hydrogen-bond donors (Lipinski definition) is 0. The average Bonchev–Trinajstić information content (AvgIpc) is 3.16. The lowest BCUT2D eigenvalue weighted by Gasteiger charge is -2.15. The van der Waals surface area contributed by atoms with Crippen LogP contribution in [0.1, 0.15) is 43.0 Å². The van der Waals surface area contributed by atoms with Gasteiger partial charge in [0.1, 0.15) is 11.6 Å². The fourth-order valence-electron chi connectivity index (χ4n) is 3.82. The Hall–Kier alpha value is -2.54. The lowest BCUT2D eigenvalue weighted by atomic mass is 10.1. The molecule has 1 saturated carbocycles. The molecule has 0 saturated heterocycles. The first-order valence-electron chi connectivity index (χ1n) is 7.77. The van der Waals surface area contributed by atoms with E-state index in [0.29, 0.717) is 11.1 Å². The molecule has 110 valence electrons. The van der Waals surface area contributed by atoms with Crippen LogP contribution in [0.15, 0.2) is 35.3 Å². The number of nitrogens with zero attached hydrogens (tertiary/aromatic N) is 3. The number of fused-ring (bicyclic) bond motifs is 3. The van der Waals surface area contributed by atoms with Crippen LogP contribution in [0.3, 0.4) is 0 Å². The van der Waals surface area contributed by atoms with Crippen molar-refractivity contribution in [1.82, 2.24) is 8.97 Å². The van der Waals surface area contributed by atoms with Crippen LogP contribution in [0.25, 0.3) is 16.4 Å². The van der Waals surface area contributed by atoms with Crippen molar-refractivity contribution in [3.8, 4) is 6.07 Å². The molecule has 1 aliphatic rings. The molecule has 4 rings (SSSR count). The van der Waals surface area contributed by atoms with E-state index < -0.39 is 0 Å². The Morgan fingerprint density at radius 2 is 1.95 bits per heavy atom. The molecule has 0 atom stereocenters. The van der Waals surface area contributed by atoms with Crippen LogP contribution in [0.4, 0.5) is 0 Å². The molecule has 2 heterocycles. The maximum absolute atomic E-state index is 13.0. The van der Waals surface area contributed by atoms with Gasteiger partial charge >= 0.3 is 0 Å². The molecule has 4 heteroatoms. The lowest BCUT2D eigenvalue weighted by molar-refractivity contribution is 0.500. The molecule has 0 radical (unpaired) electrons. The molecule has 0 aliphatic heterocycles. The monoisotopic (exact) mass is 291 g/mol. The van der Waals surface area contributed by atoms with Crippen molar-refractivity contribution < 1.29 is 0 Å². The Labute approximate surface area is 128 Å². The van der Waals surface area contributed by atoms with Gasteiger partial charge in [-0.05, 0) is 25.8 Å². The van der Waals surface area contributed by atoms with E-state index in [1.807, 2.05) is 46.4 Å². The Balaban J connectivity index is 2.18. The molecular formula is C18H17N3O. The Kier molecular flexibility index (Phi) is 2.83. The standard InChI is InChI=1S/C18H17N3O/c1-12-11-20(13-6-2-3-7-13)18(22)17-15(10-19)14-8-4-5-9-16(14)21(12)17/h4-5,8-9,11,13H,2-3,6-7H2,1H3. The van der Waals surface area contributed by atoms with Gasteiger partial charge in [-0.2, -0.15) is 5.26 Å². The predicted octanol–water partition coefficient (Wildman–Crippen LogP) is 3.55. The van der Waals surface area contributed by atoms with Gasteiger partial charge in [-0.1, -0.05) is 31.0 Å². The van der Waals surface area contributed by atoms with E-state index in [0.717, 1.165) is 29.4 Å². The second kappa shape index (κ2) is 4.74. The van der Waals surface area contributed by atoms with Crippen molar-refractivity contribution in [3.63, 3.8) is 0 Å². The minimum absolute atomic E-state index is 0.0368. The van der Waals surface area contributed by atoms with Crippen molar-refractivity contribution in [1.29, 1.82) is 5.26 Å². The van der Waals surface area contributed by atoms with Gasteiger partial charge < -0.3 is 8.97 Å². The summed E-state index contributed by atoms with van der Waals surface area (Å²) in [5.74, 6) is 0. The van der Waals surface area contributed by atoms with Gasteiger partial charge in [0, 0.05) is 23.3 Å². The molecule has 0 unspecified atom stereocenters. The number of benzene rings is 1. The first-order valence-corrected chi connectivity index (χ1v) is 7.77. The third-order valence-corrected chi connectivity index (χ3v) is 4.82. The van der Waals surface area contributed by atoms with E-state index in [4.69, 9.17) is 0 Å². The zero-order valence-corrected chi connectivity index (χ0v) is 12.5. The van der Waals surface area contributed by atoms with Crippen LogP contribution in [-0.2, 0) is 0 Å². The maximum Gasteiger partial charge on any atom is 0.276 e. The summed E-state index contributed by atoms with van der Waals surface area (Å²) in [7, 11) is 0. The second-order valence-electron chi connectivity index (χ2n) is 6.11. The van der Waals surface area contributed by atoms with Gasteiger partial charge in [0.25, 0.3) is 5.56 Å². The van der Waals surface area contributed by atoms with Crippen LogP contribution in [0.2, 0.25) is 0 Å². The highest BCUT2D eigenvalue weighted by molar-refractivity contribution is 5.95. The maximum atomic E-state index is 13.0. The summed E-state index contributed by atoms with van der Waals surface area (Å²) in [5.41, 5.74) is 2.92. The van der Waals surface area contributed by atoms with Gasteiger partial charge in [0.2, 0.25) is 0 Å². The van der Waals surface area contributed by atoms with Crippen molar-refractivity contribution in [2.24, 2.45) is 0 Å². The van der Waals surface area contributed by atoms with Crippen LogP contribution >= 0.6 is 0 Å². The molecule has 1 fully saturated rings. The number of para-hydroxylation sites is 1. The highest BCUT2D eigenvalue weighted by Gasteiger charge is 2.22. The van der Waals surface area contributed by atoms with Gasteiger partial charge in [-0.3, -0.25) is 4.79 Å². The predicted molar refractivity (Wildman–Crippen MR) is 86.1 cm³/mol. The number of aromatic nitrogens is 2. The molecule has 3 aromatic rings. The smallest absolute Gasteiger partial charge is 0.276 e. The van der Waals surface area contributed by atoms with E-state index in [9.17, 15) is 10.1 Å². The molecule has 0 spiro atoms. The number of nitriles is 1. The fourth-order valence-corrected chi connectivity index (χ4v) is 3.82. The first kappa shape index (κ1) is 13.1. The van der Waals surface area contributed by atoms with E-state index in [1.165, 1.54) is 12.8 Å². The van der Waals surface area contributed by atoms with Gasteiger partial charge in [-0.15, -0.1) is 0 Å². The SMILES string of the molecule is Cc1cn(C2CCCC2)c(=O)c2c(C#N)c3ccccc3n12. The van der Waals surface area contributed by atoms with Crippen LogP contribution in [0, 0.1) is 18.3 Å². The molecule has 1 aliphatic carbocycles. The summed E-state index contributed by atoms with van der Waals surface area (Å²) < 4.78 is 3.79. The molecule has 0 amide bonds. The summed E-state index contributed by atoms with van der Waals surface area (Å²) in [6.07, 6.45) is 6.42. The third kappa shape index (κ3) is 1.66. The summed E-state index contributed by atoms with van der Waals surface area (Å²) in [4.78, 5) is 13.0. The van der Waals surface area contributed by atoms with Gasteiger partial charge in [-0.25, -0.2) is 0 Å². The summed E-state index contributed by atoms with van der Waals surface area (Å²) in [5, 5.41) is 10.4. The quantitative estimate of drug-likeness (QED) is 0.688. The Bertz CT molecular complexity index is 981. The summed E-state index contributed by atoms with van der Waals surface area (Å²) >= 11 is 0. The van der Waals surface area contributed by atoms with E-state index in [-0.39, 0.29) is 11.6 Å². The molecule has 4 nitrogen and oxygen atoms in total. The summed E-state index contributed by atoms with van der Waals surface area (Å²) in [6, 6.07) is 10.3. The molecule has 0 N–H and O–H groups in total. The zero-order valence-electron chi connectivity index (χ0n) is 12.5. The molecular weight excluding hydrogens is 274 g/mol. The van der Waals surface area contributed by atoms with Crippen molar-refractivity contribution in [2.75, 3.05) is 0 Å². The minimum Gasteiger partial charge on any atom is -0.309 e. The highest BCUT2D eigenvalue weighted by atomic mass is 16.1. The van der Waals surface area contributed by atoms with Crippen molar-refractivity contribution in [3.05, 3.63) is 52.1 Å². The summed E-state index contributed by atoms with van der Waals surface area (Å²) in [6.45, 7) is 2.01. The Morgan fingerprint density at radius 3 is 2.68 bits per heavy atom. The topological polar surface area (TPSA) is 50.2 Å². The minimum atomic E-state index is -0.0368. The number of aryl methyl sites for hydroxylation is 1. The van der Waals surface area contributed by atoms with Crippen LogP contribution in [-0.4, -0.2) is 8.97 Å². The molecule has 2 aromatic heterocycles. The fraction of sp³-hybridized carbons (Fsp3) is 0.333. The average molecular weight is 291 g/mol. The Morgan fingerprint density at radius 1 is 1.23 bits per heavy atom. The number of rotatable bonds is 1. The first-order chi connectivity index (χ1) is 10.7. The normalized spacial score (nSPS) is 15.6. The van der Waals surface area contributed by atoms with Crippen molar-refractivity contribution >= 4 is 16.4 Å². The van der Waals surface area contributed by atoms with Crippen LogP contribution < -0.4 is 5.56 Å². The number of hydrogen-bond acceptors (Lipinski definition) is 2. The van der Waals surface area contributed by atoms with Gasteiger partial charge in [0.15, 0.2) is 0 Å². The second-order valence-corrected chi connectivity index (χ2v) is 6.11. The lowest BCUT2D eigenvalue weighted by Crippen LogP contribution is -2.25. The van der Waals surface area contributed by atoms with Crippen molar-refractivity contribution in [2.45, 2.75) is 38.6 Å².